The lowest BCUT2D eigenvalue weighted by atomic mass is 10.3. The van der Waals surface area contributed by atoms with Crippen molar-refractivity contribution in [3.05, 3.63) is 39.8 Å². The Balaban J connectivity index is 1.36. The molecular weight excluding hydrogens is 330 g/mol. The van der Waals surface area contributed by atoms with Gasteiger partial charge >= 0.3 is 0 Å². The molecule has 2 heterocycles. The molecule has 2 aromatic rings. The molecule has 1 N–H and O–H groups in total. The summed E-state index contributed by atoms with van der Waals surface area (Å²) in [6, 6.07) is 8.10. The molecule has 0 bridgehead atoms. The molecule has 1 aliphatic rings. The molecule has 4 nitrogen and oxygen atoms in total. The van der Waals surface area contributed by atoms with Gasteiger partial charge in [0.1, 0.15) is 5.75 Å². The van der Waals surface area contributed by atoms with Crippen molar-refractivity contribution in [1.82, 2.24) is 9.88 Å². The van der Waals surface area contributed by atoms with E-state index in [9.17, 15) is 0 Å². The van der Waals surface area contributed by atoms with Crippen LogP contribution in [0, 0.1) is 0 Å². The van der Waals surface area contributed by atoms with Crippen molar-refractivity contribution < 1.29 is 4.74 Å². The Morgan fingerprint density at radius 1 is 1.22 bits per heavy atom. The van der Waals surface area contributed by atoms with Crippen molar-refractivity contribution in [3.63, 3.8) is 0 Å². The molecule has 124 valence electrons. The Kier molecular flexibility index (Phi) is 6.13. The number of hydrogen-bond acceptors (Lipinski definition) is 5. The van der Waals surface area contributed by atoms with Crippen LogP contribution in [0.1, 0.15) is 24.1 Å². The zero-order chi connectivity index (χ0) is 15.9. The van der Waals surface area contributed by atoms with Gasteiger partial charge in [-0.15, -0.1) is 11.3 Å². The van der Waals surface area contributed by atoms with Gasteiger partial charge in [0.2, 0.25) is 0 Å². The van der Waals surface area contributed by atoms with E-state index in [2.05, 4.69) is 15.2 Å². The first-order valence-electron chi connectivity index (χ1n) is 8.09. The van der Waals surface area contributed by atoms with Crippen molar-refractivity contribution in [2.24, 2.45) is 0 Å². The summed E-state index contributed by atoms with van der Waals surface area (Å²) in [5.74, 6) is 0.929. The molecule has 1 aromatic carbocycles. The fourth-order valence-corrected chi connectivity index (χ4v) is 3.63. The summed E-state index contributed by atoms with van der Waals surface area (Å²) >= 11 is 7.32. The van der Waals surface area contributed by atoms with Crippen molar-refractivity contribution in [1.29, 1.82) is 0 Å². The Labute approximate surface area is 146 Å². The molecule has 0 aliphatic carbocycles. The maximum atomic E-state index is 5.82. The van der Waals surface area contributed by atoms with E-state index in [0.29, 0.717) is 4.47 Å². The van der Waals surface area contributed by atoms with E-state index >= 15 is 0 Å². The minimum atomic E-state index is 0.583. The lowest BCUT2D eigenvalue weighted by molar-refractivity contribution is 0.263. The highest BCUT2D eigenvalue weighted by molar-refractivity contribution is 7.15. The highest BCUT2D eigenvalue weighted by Gasteiger charge is 2.10. The molecule has 0 radical (unpaired) electrons. The van der Waals surface area contributed by atoms with Gasteiger partial charge in [0.25, 0.3) is 0 Å². The number of thiazole rings is 1. The number of anilines is 1. The van der Waals surface area contributed by atoms with Crippen LogP contribution in [0.4, 0.5) is 5.69 Å². The second-order valence-electron chi connectivity index (χ2n) is 5.71. The molecule has 1 aliphatic heterocycles. The minimum Gasteiger partial charge on any atom is -0.494 e. The first kappa shape index (κ1) is 16.6. The first-order valence-corrected chi connectivity index (χ1v) is 9.28. The maximum absolute atomic E-state index is 5.82. The van der Waals surface area contributed by atoms with E-state index < -0.39 is 0 Å². The van der Waals surface area contributed by atoms with Crippen LogP contribution in [0.5, 0.6) is 5.75 Å². The summed E-state index contributed by atoms with van der Waals surface area (Å²) < 4.78 is 6.39. The predicted octanol–water partition coefficient (Wildman–Crippen LogP) is 4.27. The standard InChI is InChI=1S/C17H22ClN3OS/c18-17-20-13-16(23-17)12-19-14-4-6-15(7-5-14)22-11-3-10-21-8-1-2-9-21/h4-7,13,19H,1-3,8-12H2. The van der Waals surface area contributed by atoms with Crippen molar-refractivity contribution in [2.45, 2.75) is 25.8 Å². The Morgan fingerprint density at radius 3 is 2.70 bits per heavy atom. The van der Waals surface area contributed by atoms with Gasteiger partial charge in [-0.1, -0.05) is 11.6 Å². The number of nitrogens with one attached hydrogen (secondary N) is 1. The van der Waals surface area contributed by atoms with Crippen LogP contribution in [0.15, 0.2) is 30.5 Å². The molecule has 3 rings (SSSR count). The van der Waals surface area contributed by atoms with Gasteiger partial charge in [0, 0.05) is 23.3 Å². The minimum absolute atomic E-state index is 0.583. The zero-order valence-corrected chi connectivity index (χ0v) is 14.7. The Bertz CT molecular complexity index is 596. The second kappa shape index (κ2) is 8.52. The number of rotatable bonds is 8. The van der Waals surface area contributed by atoms with Crippen LogP contribution in [0.2, 0.25) is 4.47 Å². The van der Waals surface area contributed by atoms with Gasteiger partial charge in [-0.05, 0) is 56.6 Å². The van der Waals surface area contributed by atoms with Crippen molar-refractivity contribution in [2.75, 3.05) is 31.6 Å². The largest absolute Gasteiger partial charge is 0.494 e. The van der Waals surface area contributed by atoms with Crippen LogP contribution in [0.25, 0.3) is 0 Å². The summed E-state index contributed by atoms with van der Waals surface area (Å²) in [5.41, 5.74) is 1.07. The fraction of sp³-hybridized carbons (Fsp3) is 0.471. The summed E-state index contributed by atoms with van der Waals surface area (Å²) in [7, 11) is 0. The van der Waals surface area contributed by atoms with E-state index in [1.807, 2.05) is 24.3 Å². The van der Waals surface area contributed by atoms with Crippen LogP contribution in [0.3, 0.4) is 0 Å². The van der Waals surface area contributed by atoms with Crippen LogP contribution in [-0.4, -0.2) is 36.1 Å². The molecule has 1 aromatic heterocycles. The molecule has 1 saturated heterocycles. The summed E-state index contributed by atoms with van der Waals surface area (Å²) in [6.45, 7) is 5.18. The Hall–Kier alpha value is -1.30. The van der Waals surface area contributed by atoms with Gasteiger partial charge in [0.05, 0.1) is 13.2 Å². The molecular formula is C17H22ClN3OS. The topological polar surface area (TPSA) is 37.4 Å². The van der Waals surface area contributed by atoms with Crippen molar-refractivity contribution in [3.8, 4) is 5.75 Å². The third-order valence-corrected chi connectivity index (χ3v) is 5.05. The van der Waals surface area contributed by atoms with E-state index in [1.165, 1.54) is 37.3 Å². The third-order valence-electron chi connectivity index (χ3n) is 3.93. The maximum Gasteiger partial charge on any atom is 0.183 e. The quantitative estimate of drug-likeness (QED) is 0.720. The van der Waals surface area contributed by atoms with Gasteiger partial charge in [-0.3, -0.25) is 0 Å². The number of nitrogens with zero attached hydrogens (tertiary/aromatic N) is 2. The number of hydrogen-bond donors (Lipinski definition) is 1. The van der Waals surface area contributed by atoms with Gasteiger partial charge in [-0.2, -0.15) is 0 Å². The lowest BCUT2D eigenvalue weighted by Crippen LogP contribution is -2.21. The molecule has 0 spiro atoms. The number of ether oxygens (including phenoxy) is 1. The third kappa shape index (κ3) is 5.37. The van der Waals surface area contributed by atoms with Crippen molar-refractivity contribution >= 4 is 28.6 Å². The van der Waals surface area contributed by atoms with E-state index in [1.54, 1.807) is 6.20 Å². The number of likely N-dealkylation sites (tertiary alicyclic amines) is 1. The highest BCUT2D eigenvalue weighted by atomic mass is 35.5. The summed E-state index contributed by atoms with van der Waals surface area (Å²) in [5, 5.41) is 3.36. The smallest absolute Gasteiger partial charge is 0.183 e. The first-order chi connectivity index (χ1) is 11.3. The van der Waals surface area contributed by atoms with Gasteiger partial charge < -0.3 is 15.0 Å². The van der Waals surface area contributed by atoms with E-state index in [4.69, 9.17) is 16.3 Å². The van der Waals surface area contributed by atoms with E-state index in [0.717, 1.165) is 42.4 Å². The number of halogens is 1. The van der Waals surface area contributed by atoms with E-state index in [-0.39, 0.29) is 0 Å². The number of aromatic nitrogens is 1. The average molecular weight is 352 g/mol. The summed E-state index contributed by atoms with van der Waals surface area (Å²) in [4.78, 5) is 7.67. The zero-order valence-electron chi connectivity index (χ0n) is 13.1. The van der Waals surface area contributed by atoms with Crippen LogP contribution >= 0.6 is 22.9 Å². The van der Waals surface area contributed by atoms with Gasteiger partial charge in [0.15, 0.2) is 4.47 Å². The molecule has 0 atom stereocenters. The molecule has 0 amide bonds. The van der Waals surface area contributed by atoms with Crippen LogP contribution in [-0.2, 0) is 6.54 Å². The molecule has 6 heteroatoms. The van der Waals surface area contributed by atoms with Gasteiger partial charge in [-0.25, -0.2) is 4.98 Å². The lowest BCUT2D eigenvalue weighted by Gasteiger charge is -2.14. The molecule has 23 heavy (non-hydrogen) atoms. The van der Waals surface area contributed by atoms with Crippen LogP contribution < -0.4 is 10.1 Å². The SMILES string of the molecule is Clc1ncc(CNc2ccc(OCCCN3CCCC3)cc2)s1. The summed E-state index contributed by atoms with van der Waals surface area (Å²) in [6.07, 6.45) is 5.59. The Morgan fingerprint density at radius 2 is 2.00 bits per heavy atom. The average Bonchev–Trinajstić information content (AvgIpc) is 3.22. The molecule has 0 saturated carbocycles. The predicted molar refractivity (Wildman–Crippen MR) is 96.7 cm³/mol. The normalized spacial score (nSPS) is 15.0. The molecule has 0 unspecified atom stereocenters. The second-order valence-corrected chi connectivity index (χ2v) is 7.41. The number of benzene rings is 1. The fourth-order valence-electron chi connectivity index (χ4n) is 2.71. The monoisotopic (exact) mass is 351 g/mol. The molecule has 1 fully saturated rings. The highest BCUT2D eigenvalue weighted by Crippen LogP contribution is 2.20.